The van der Waals surface area contributed by atoms with Gasteiger partial charge in [0.1, 0.15) is 0 Å². The van der Waals surface area contributed by atoms with E-state index in [2.05, 4.69) is 5.32 Å². The number of rotatable bonds is 3. The molecule has 1 aromatic carbocycles. The molecule has 0 radical (unpaired) electrons. The molecule has 23 heavy (non-hydrogen) atoms. The van der Waals surface area contributed by atoms with E-state index in [9.17, 15) is 18.0 Å². The van der Waals surface area contributed by atoms with Crippen LogP contribution in [0.15, 0.2) is 24.3 Å². The van der Waals surface area contributed by atoms with Crippen LogP contribution >= 0.6 is 0 Å². The van der Waals surface area contributed by atoms with E-state index in [1.807, 2.05) is 0 Å². The number of amides is 2. The van der Waals surface area contributed by atoms with Crippen molar-refractivity contribution in [1.82, 2.24) is 5.32 Å². The molecule has 1 aliphatic carbocycles. The van der Waals surface area contributed by atoms with Gasteiger partial charge in [0, 0.05) is 11.6 Å². The van der Waals surface area contributed by atoms with Crippen LogP contribution in [0.2, 0.25) is 0 Å². The summed E-state index contributed by atoms with van der Waals surface area (Å²) in [6.07, 6.45) is 4.28. The van der Waals surface area contributed by atoms with Crippen LogP contribution in [0.25, 0.3) is 0 Å². The monoisotopic (exact) mass is 336 g/mol. The van der Waals surface area contributed by atoms with Crippen molar-refractivity contribution in [1.29, 1.82) is 0 Å². The van der Waals surface area contributed by atoms with Gasteiger partial charge in [-0.3, -0.25) is 9.59 Å². The molecule has 1 atom stereocenters. The lowest BCUT2D eigenvalue weighted by Crippen LogP contribution is -2.33. The van der Waals surface area contributed by atoms with Gasteiger partial charge in [0.15, 0.2) is 0 Å². The second kappa shape index (κ2) is 5.96. The van der Waals surface area contributed by atoms with Crippen LogP contribution in [0.4, 0.5) is 5.69 Å². The minimum atomic E-state index is -3.61. The highest BCUT2D eigenvalue weighted by Gasteiger charge is 2.41. The van der Waals surface area contributed by atoms with Crippen molar-refractivity contribution in [2.24, 2.45) is 5.92 Å². The first-order valence-corrected chi connectivity index (χ1v) is 9.47. The van der Waals surface area contributed by atoms with Crippen molar-refractivity contribution < 1.29 is 18.0 Å². The van der Waals surface area contributed by atoms with Crippen molar-refractivity contribution in [3.63, 3.8) is 0 Å². The summed E-state index contributed by atoms with van der Waals surface area (Å²) >= 11 is 0. The number of carbonyl (C=O) groups excluding carboxylic acids is 2. The highest BCUT2D eigenvalue weighted by molar-refractivity contribution is 7.94. The first kappa shape index (κ1) is 16.0. The van der Waals surface area contributed by atoms with E-state index in [0.29, 0.717) is 5.56 Å². The van der Waals surface area contributed by atoms with Gasteiger partial charge in [-0.15, -0.1) is 0 Å². The molecule has 6 nitrogen and oxygen atoms in total. The minimum Gasteiger partial charge on any atom is -0.349 e. The molecule has 2 amide bonds. The molecule has 3 rings (SSSR count). The molecule has 0 bridgehead atoms. The molecule has 2 aliphatic rings. The first-order chi connectivity index (χ1) is 10.9. The summed E-state index contributed by atoms with van der Waals surface area (Å²) in [5.74, 6) is -1.29. The Bertz CT molecular complexity index is 721. The average Bonchev–Trinajstić information content (AvgIpc) is 3.06. The number of sulfonamides is 1. The molecule has 7 heteroatoms. The van der Waals surface area contributed by atoms with Crippen molar-refractivity contribution in [2.45, 2.75) is 38.6 Å². The maximum atomic E-state index is 12.2. The Morgan fingerprint density at radius 2 is 1.78 bits per heavy atom. The van der Waals surface area contributed by atoms with Crippen LogP contribution in [0.3, 0.4) is 0 Å². The lowest BCUT2D eigenvalue weighted by molar-refractivity contribution is -0.119. The van der Waals surface area contributed by atoms with Crippen LogP contribution in [0.1, 0.15) is 43.0 Å². The maximum absolute atomic E-state index is 12.2. The summed E-state index contributed by atoms with van der Waals surface area (Å²) in [7, 11) is -3.61. The Hall–Kier alpha value is -1.89. The molecular weight excluding hydrogens is 316 g/mol. The lowest BCUT2D eigenvalue weighted by Gasteiger charge is -2.16. The maximum Gasteiger partial charge on any atom is 0.251 e. The molecular formula is C16H20N2O4S. The zero-order valence-corrected chi connectivity index (χ0v) is 13.8. The van der Waals surface area contributed by atoms with Gasteiger partial charge in [-0.1, -0.05) is 19.8 Å². The van der Waals surface area contributed by atoms with Crippen molar-refractivity contribution in [3.8, 4) is 0 Å². The van der Waals surface area contributed by atoms with Gasteiger partial charge in [0.2, 0.25) is 15.9 Å². The normalized spacial score (nSPS) is 24.1. The number of benzene rings is 1. The molecule has 1 saturated carbocycles. The van der Waals surface area contributed by atoms with E-state index < -0.39 is 21.8 Å². The molecule has 1 aromatic rings. The van der Waals surface area contributed by atoms with Gasteiger partial charge < -0.3 is 5.32 Å². The van der Waals surface area contributed by atoms with Crippen LogP contribution in [-0.2, 0) is 14.8 Å². The number of anilines is 1. The number of nitrogens with one attached hydrogen (secondary N) is 1. The molecule has 1 aliphatic heterocycles. The molecule has 2 fully saturated rings. The number of carbonyl (C=O) groups is 2. The molecule has 124 valence electrons. The van der Waals surface area contributed by atoms with Crippen LogP contribution < -0.4 is 9.62 Å². The number of hydrogen-bond acceptors (Lipinski definition) is 4. The van der Waals surface area contributed by atoms with Gasteiger partial charge >= 0.3 is 0 Å². The Morgan fingerprint density at radius 1 is 1.17 bits per heavy atom. The third kappa shape index (κ3) is 3.10. The zero-order chi connectivity index (χ0) is 16.6. The van der Waals surface area contributed by atoms with E-state index in [1.54, 1.807) is 19.1 Å². The third-order valence-electron chi connectivity index (χ3n) is 4.41. The molecule has 1 unspecified atom stereocenters. The van der Waals surface area contributed by atoms with Gasteiger partial charge in [0.25, 0.3) is 5.91 Å². The van der Waals surface area contributed by atoms with Gasteiger partial charge in [-0.25, -0.2) is 12.7 Å². The van der Waals surface area contributed by atoms with E-state index in [0.717, 1.165) is 30.0 Å². The van der Waals surface area contributed by atoms with Crippen molar-refractivity contribution in [2.75, 3.05) is 10.1 Å². The van der Waals surface area contributed by atoms with Crippen LogP contribution in [0.5, 0.6) is 0 Å². The molecule has 0 aromatic heterocycles. The molecule has 0 spiro atoms. The van der Waals surface area contributed by atoms with Crippen molar-refractivity contribution >= 4 is 27.5 Å². The second-order valence-corrected chi connectivity index (χ2v) is 8.15. The zero-order valence-electron chi connectivity index (χ0n) is 13.0. The van der Waals surface area contributed by atoms with Crippen LogP contribution in [0, 0.1) is 5.92 Å². The van der Waals surface area contributed by atoms with E-state index >= 15 is 0 Å². The Kier molecular flexibility index (Phi) is 4.14. The Labute approximate surface area is 135 Å². The summed E-state index contributed by atoms with van der Waals surface area (Å²) in [6.45, 7) is 1.60. The average molecular weight is 336 g/mol. The Morgan fingerprint density at radius 3 is 2.30 bits per heavy atom. The summed E-state index contributed by atoms with van der Waals surface area (Å²) in [5.41, 5.74) is 0.759. The largest absolute Gasteiger partial charge is 0.349 e. The fraction of sp³-hybridized carbons (Fsp3) is 0.500. The summed E-state index contributed by atoms with van der Waals surface area (Å²) in [5, 5.41) is 2.98. The summed E-state index contributed by atoms with van der Waals surface area (Å²) < 4.78 is 25.0. The predicted molar refractivity (Wildman–Crippen MR) is 86.6 cm³/mol. The van der Waals surface area contributed by atoms with E-state index in [-0.39, 0.29) is 23.4 Å². The van der Waals surface area contributed by atoms with Crippen LogP contribution in [-0.4, -0.2) is 32.0 Å². The highest BCUT2D eigenvalue weighted by atomic mass is 32.2. The van der Waals surface area contributed by atoms with Gasteiger partial charge in [-0.2, -0.15) is 0 Å². The summed E-state index contributed by atoms with van der Waals surface area (Å²) in [6, 6.07) is 6.37. The van der Waals surface area contributed by atoms with Gasteiger partial charge in [0.05, 0.1) is 17.4 Å². The van der Waals surface area contributed by atoms with Crippen molar-refractivity contribution in [3.05, 3.63) is 29.8 Å². The minimum absolute atomic E-state index is 0.160. The highest BCUT2D eigenvalue weighted by Crippen LogP contribution is 2.28. The molecule has 1 saturated heterocycles. The molecule has 1 N–H and O–H groups in total. The van der Waals surface area contributed by atoms with E-state index in [1.165, 1.54) is 12.1 Å². The quantitative estimate of drug-likeness (QED) is 0.910. The number of hydrogen-bond donors (Lipinski definition) is 1. The standard InChI is InChI=1S/C16H20N2O4S/c1-11-10-23(21,22)18(16(11)20)14-8-6-12(7-9-14)15(19)17-13-4-2-3-5-13/h6-9,11,13H,2-5,10H2,1H3,(H,17,19). The molecule has 1 heterocycles. The smallest absolute Gasteiger partial charge is 0.251 e. The third-order valence-corrected chi connectivity index (χ3v) is 6.28. The lowest BCUT2D eigenvalue weighted by atomic mass is 10.1. The number of nitrogens with zero attached hydrogens (tertiary/aromatic N) is 1. The second-order valence-electron chi connectivity index (χ2n) is 6.28. The van der Waals surface area contributed by atoms with Gasteiger partial charge in [-0.05, 0) is 37.1 Å². The topological polar surface area (TPSA) is 83.6 Å². The SMILES string of the molecule is CC1CS(=O)(=O)N(c2ccc(C(=O)NC3CCCC3)cc2)C1=O. The fourth-order valence-electron chi connectivity index (χ4n) is 3.17. The summed E-state index contributed by atoms with van der Waals surface area (Å²) in [4.78, 5) is 24.2. The fourth-order valence-corrected chi connectivity index (χ4v) is 4.99. The first-order valence-electron chi connectivity index (χ1n) is 7.86. The van der Waals surface area contributed by atoms with E-state index in [4.69, 9.17) is 0 Å². The predicted octanol–water partition coefficient (Wildman–Crippen LogP) is 1.67. The Balaban J connectivity index is 1.77.